The standard InChI is InChI=1S/C26H32N/c1-5-19-15-20(6-2)18(3)25(16-19)26-24-12-11-22(21-9-7-8-10-21)17-23(24)13-14-27(26)4/h11-17,21H,5-10H2,1-4H3/q+1. The van der Waals surface area contributed by atoms with Crippen LogP contribution in [-0.2, 0) is 19.9 Å². The minimum atomic E-state index is 0.767. The molecule has 0 unspecified atom stereocenters. The SMILES string of the molecule is CCc1cc(CC)c(C)c(-c2c3ccc(C4CCCC4)cc3cc[n+]2C)c1. The molecular weight excluding hydrogens is 326 g/mol. The van der Waals surface area contributed by atoms with Crippen molar-refractivity contribution in [2.75, 3.05) is 0 Å². The number of benzene rings is 2. The van der Waals surface area contributed by atoms with Crippen molar-refractivity contribution in [3.63, 3.8) is 0 Å². The highest BCUT2D eigenvalue weighted by Crippen LogP contribution is 2.37. The van der Waals surface area contributed by atoms with Gasteiger partial charge in [-0.2, -0.15) is 0 Å². The lowest BCUT2D eigenvalue weighted by Gasteiger charge is -2.15. The van der Waals surface area contributed by atoms with Gasteiger partial charge in [0.15, 0.2) is 6.20 Å². The van der Waals surface area contributed by atoms with Crippen LogP contribution in [0.25, 0.3) is 22.0 Å². The van der Waals surface area contributed by atoms with Crippen LogP contribution < -0.4 is 4.57 Å². The van der Waals surface area contributed by atoms with E-state index in [0.717, 1.165) is 18.8 Å². The fourth-order valence-electron chi connectivity index (χ4n) is 4.90. The Bertz CT molecular complexity index is 977. The van der Waals surface area contributed by atoms with Gasteiger partial charge in [0, 0.05) is 6.07 Å². The fourth-order valence-corrected chi connectivity index (χ4v) is 4.90. The highest BCUT2D eigenvalue weighted by molar-refractivity contribution is 5.94. The predicted octanol–water partition coefficient (Wildman–Crippen LogP) is 6.42. The number of nitrogens with zero attached hydrogens (tertiary/aromatic N) is 1. The maximum Gasteiger partial charge on any atom is 0.220 e. The molecule has 0 N–H and O–H groups in total. The van der Waals surface area contributed by atoms with E-state index < -0.39 is 0 Å². The molecule has 0 saturated heterocycles. The number of aromatic nitrogens is 1. The second-order valence-corrected chi connectivity index (χ2v) is 8.24. The van der Waals surface area contributed by atoms with Crippen LogP contribution in [0, 0.1) is 6.92 Å². The van der Waals surface area contributed by atoms with Gasteiger partial charge in [-0.15, -0.1) is 0 Å². The summed E-state index contributed by atoms with van der Waals surface area (Å²) in [5.41, 5.74) is 8.63. The average molecular weight is 359 g/mol. The van der Waals surface area contributed by atoms with E-state index in [-0.39, 0.29) is 0 Å². The summed E-state index contributed by atoms with van der Waals surface area (Å²) in [6.07, 6.45) is 9.90. The molecule has 1 nitrogen and oxygen atoms in total. The Morgan fingerprint density at radius 3 is 2.44 bits per heavy atom. The third-order valence-electron chi connectivity index (χ3n) is 6.61. The molecular formula is C26H32N+. The lowest BCUT2D eigenvalue weighted by atomic mass is 9.90. The zero-order valence-corrected chi connectivity index (χ0v) is 17.3. The van der Waals surface area contributed by atoms with Crippen LogP contribution in [0.2, 0.25) is 0 Å². The molecule has 140 valence electrons. The van der Waals surface area contributed by atoms with E-state index in [2.05, 4.69) is 75.0 Å². The van der Waals surface area contributed by atoms with E-state index in [0.29, 0.717) is 0 Å². The van der Waals surface area contributed by atoms with Crippen molar-refractivity contribution >= 4 is 10.8 Å². The predicted molar refractivity (Wildman–Crippen MR) is 115 cm³/mol. The Morgan fingerprint density at radius 1 is 0.963 bits per heavy atom. The van der Waals surface area contributed by atoms with E-state index in [9.17, 15) is 0 Å². The summed E-state index contributed by atoms with van der Waals surface area (Å²) in [7, 11) is 2.18. The van der Waals surface area contributed by atoms with E-state index in [1.807, 2.05) is 0 Å². The Balaban J connectivity index is 1.92. The van der Waals surface area contributed by atoms with Crippen LogP contribution in [-0.4, -0.2) is 0 Å². The van der Waals surface area contributed by atoms with Gasteiger partial charge in [0.2, 0.25) is 5.69 Å². The summed E-state index contributed by atoms with van der Waals surface area (Å²) < 4.78 is 2.30. The molecule has 1 aliphatic carbocycles. The molecule has 1 fully saturated rings. The number of pyridine rings is 1. The van der Waals surface area contributed by atoms with Crippen LogP contribution in [0.15, 0.2) is 42.6 Å². The summed E-state index contributed by atoms with van der Waals surface area (Å²) in [5, 5.41) is 2.76. The second kappa shape index (κ2) is 7.46. The first kappa shape index (κ1) is 18.2. The summed E-state index contributed by atoms with van der Waals surface area (Å²) in [4.78, 5) is 0. The van der Waals surface area contributed by atoms with Crippen LogP contribution in [0.4, 0.5) is 0 Å². The maximum atomic E-state index is 2.45. The average Bonchev–Trinajstić information content (AvgIpc) is 3.23. The van der Waals surface area contributed by atoms with Gasteiger partial charge in [-0.1, -0.05) is 44.9 Å². The van der Waals surface area contributed by atoms with Crippen molar-refractivity contribution in [2.24, 2.45) is 7.05 Å². The number of hydrogen-bond donors (Lipinski definition) is 0. The summed E-state index contributed by atoms with van der Waals surface area (Å²) in [5.74, 6) is 0.767. The van der Waals surface area contributed by atoms with Crippen molar-refractivity contribution in [1.29, 1.82) is 0 Å². The zero-order valence-electron chi connectivity index (χ0n) is 17.3. The van der Waals surface area contributed by atoms with Crippen LogP contribution in [0.1, 0.15) is 67.7 Å². The first-order valence-electron chi connectivity index (χ1n) is 10.7. The van der Waals surface area contributed by atoms with Gasteiger partial charge in [0.05, 0.1) is 10.9 Å². The Morgan fingerprint density at radius 2 is 1.74 bits per heavy atom. The van der Waals surface area contributed by atoms with Crippen molar-refractivity contribution in [3.05, 3.63) is 64.8 Å². The highest BCUT2D eigenvalue weighted by atomic mass is 14.9. The molecule has 1 aliphatic rings. The quantitative estimate of drug-likeness (QED) is 0.474. The largest absolute Gasteiger partial charge is 0.220 e. The minimum Gasteiger partial charge on any atom is -0.200 e. The van der Waals surface area contributed by atoms with E-state index >= 15 is 0 Å². The zero-order chi connectivity index (χ0) is 19.0. The second-order valence-electron chi connectivity index (χ2n) is 8.24. The summed E-state index contributed by atoms with van der Waals surface area (Å²) in [6, 6.07) is 14.3. The molecule has 0 bridgehead atoms. The van der Waals surface area contributed by atoms with Gasteiger partial charge in [-0.25, -0.2) is 4.57 Å². The molecule has 1 aromatic heterocycles. The first-order chi connectivity index (χ1) is 13.1. The molecule has 0 amide bonds. The molecule has 0 aliphatic heterocycles. The Labute approximate surface area is 164 Å². The number of rotatable bonds is 4. The van der Waals surface area contributed by atoms with Crippen LogP contribution in [0.3, 0.4) is 0 Å². The van der Waals surface area contributed by atoms with Crippen molar-refractivity contribution in [1.82, 2.24) is 0 Å². The summed E-state index contributed by atoms with van der Waals surface area (Å²) in [6.45, 7) is 6.81. The molecule has 0 radical (unpaired) electrons. The molecule has 0 atom stereocenters. The van der Waals surface area contributed by atoms with E-state index in [1.54, 1.807) is 0 Å². The summed E-state index contributed by atoms with van der Waals surface area (Å²) >= 11 is 0. The number of fused-ring (bicyclic) bond motifs is 1. The van der Waals surface area contributed by atoms with Gasteiger partial charge >= 0.3 is 0 Å². The first-order valence-corrected chi connectivity index (χ1v) is 10.7. The van der Waals surface area contributed by atoms with Gasteiger partial charge < -0.3 is 0 Å². The molecule has 27 heavy (non-hydrogen) atoms. The van der Waals surface area contributed by atoms with Gasteiger partial charge in [-0.05, 0) is 78.3 Å². The number of aryl methyl sites for hydroxylation is 3. The van der Waals surface area contributed by atoms with Crippen LogP contribution >= 0.6 is 0 Å². The normalized spacial score (nSPS) is 15.0. The molecule has 1 saturated carbocycles. The Kier molecular flexibility index (Phi) is 5.04. The molecule has 1 heterocycles. The van der Waals surface area contributed by atoms with E-state index in [4.69, 9.17) is 0 Å². The van der Waals surface area contributed by atoms with Gasteiger partial charge in [-0.3, -0.25) is 0 Å². The topological polar surface area (TPSA) is 3.88 Å². The van der Waals surface area contributed by atoms with Gasteiger partial charge in [0.1, 0.15) is 7.05 Å². The molecule has 0 spiro atoms. The van der Waals surface area contributed by atoms with Crippen molar-refractivity contribution < 1.29 is 4.57 Å². The van der Waals surface area contributed by atoms with Crippen molar-refractivity contribution in [2.45, 2.75) is 65.2 Å². The highest BCUT2D eigenvalue weighted by Gasteiger charge is 2.21. The third kappa shape index (κ3) is 3.29. The monoisotopic (exact) mass is 358 g/mol. The Hall–Kier alpha value is -2.15. The molecule has 4 rings (SSSR count). The van der Waals surface area contributed by atoms with Crippen molar-refractivity contribution in [3.8, 4) is 11.3 Å². The smallest absolute Gasteiger partial charge is 0.200 e. The van der Waals surface area contributed by atoms with E-state index in [1.165, 1.54) is 70.0 Å². The van der Waals surface area contributed by atoms with Gasteiger partial charge in [0.25, 0.3) is 0 Å². The fraction of sp³-hybridized carbons (Fsp3) is 0.423. The lowest BCUT2D eigenvalue weighted by molar-refractivity contribution is -0.659. The van der Waals surface area contributed by atoms with Crippen LogP contribution in [0.5, 0.6) is 0 Å². The molecule has 2 aromatic carbocycles. The third-order valence-corrected chi connectivity index (χ3v) is 6.61. The minimum absolute atomic E-state index is 0.767. The molecule has 3 aromatic rings. The number of hydrogen-bond acceptors (Lipinski definition) is 0. The molecule has 1 heteroatoms. The lowest BCUT2D eigenvalue weighted by Crippen LogP contribution is -2.31. The maximum absolute atomic E-state index is 2.45.